The lowest BCUT2D eigenvalue weighted by Crippen LogP contribution is -2.51. The molecule has 0 aromatic rings. The molecule has 0 heterocycles. The second-order valence-electron chi connectivity index (χ2n) is 3.68. The van der Waals surface area contributed by atoms with E-state index in [0.717, 1.165) is 25.3 Å². The highest BCUT2D eigenvalue weighted by Gasteiger charge is 2.43. The normalized spacial score (nSPS) is 14.2. The second kappa shape index (κ2) is 8.56. The van der Waals surface area contributed by atoms with Crippen molar-refractivity contribution < 1.29 is 8.85 Å². The largest absolute Gasteiger partial charge is 0.394 e. The standard InChI is InChI=1S/C11H25ClO2Si/c1-5-9-11(12)15(10-6-2,13-7-3)14-8-4/h11H,5-10H2,1-4H3. The predicted molar refractivity (Wildman–Crippen MR) is 68.7 cm³/mol. The molecule has 0 aromatic carbocycles. The molecule has 0 aliphatic carbocycles. The summed E-state index contributed by atoms with van der Waals surface area (Å²) in [6.45, 7) is 9.77. The van der Waals surface area contributed by atoms with Gasteiger partial charge in [-0.25, -0.2) is 0 Å². The van der Waals surface area contributed by atoms with Crippen LogP contribution < -0.4 is 0 Å². The Balaban J connectivity index is 4.57. The van der Waals surface area contributed by atoms with E-state index in [-0.39, 0.29) is 5.00 Å². The van der Waals surface area contributed by atoms with Crippen molar-refractivity contribution in [3.8, 4) is 0 Å². The molecule has 1 unspecified atom stereocenters. The SMILES string of the molecule is CCCC(Cl)[Si](CCC)(OCC)OCC. The van der Waals surface area contributed by atoms with Gasteiger partial charge in [0.05, 0.1) is 5.00 Å². The van der Waals surface area contributed by atoms with E-state index in [4.69, 9.17) is 20.5 Å². The van der Waals surface area contributed by atoms with E-state index in [2.05, 4.69) is 13.8 Å². The Morgan fingerprint density at radius 2 is 1.53 bits per heavy atom. The Hall–Kier alpha value is 0.427. The molecule has 1 atom stereocenters. The molecule has 0 amide bonds. The summed E-state index contributed by atoms with van der Waals surface area (Å²) in [7, 11) is -2.15. The maximum atomic E-state index is 6.45. The molecule has 0 bridgehead atoms. The van der Waals surface area contributed by atoms with E-state index in [1.165, 1.54) is 0 Å². The van der Waals surface area contributed by atoms with Gasteiger partial charge in [0.1, 0.15) is 0 Å². The molecule has 0 saturated carbocycles. The number of alkyl halides is 1. The average molecular weight is 253 g/mol. The van der Waals surface area contributed by atoms with Crippen LogP contribution in [0.2, 0.25) is 6.04 Å². The maximum Gasteiger partial charge on any atom is 0.356 e. The van der Waals surface area contributed by atoms with E-state index in [0.29, 0.717) is 13.2 Å². The Morgan fingerprint density at radius 3 is 1.87 bits per heavy atom. The van der Waals surface area contributed by atoms with Gasteiger partial charge < -0.3 is 8.85 Å². The van der Waals surface area contributed by atoms with Gasteiger partial charge in [-0.1, -0.05) is 26.7 Å². The fraction of sp³-hybridized carbons (Fsp3) is 1.00. The Kier molecular flexibility index (Phi) is 8.81. The minimum Gasteiger partial charge on any atom is -0.394 e. The van der Waals surface area contributed by atoms with Crippen molar-refractivity contribution in [2.75, 3.05) is 13.2 Å². The molecule has 0 rings (SSSR count). The van der Waals surface area contributed by atoms with Gasteiger partial charge in [-0.2, -0.15) is 0 Å². The third-order valence-electron chi connectivity index (χ3n) is 2.40. The lowest BCUT2D eigenvalue weighted by atomic mass is 10.4. The summed E-state index contributed by atoms with van der Waals surface area (Å²) in [5, 5.41) is 0.0855. The summed E-state index contributed by atoms with van der Waals surface area (Å²) in [4.78, 5) is 0. The van der Waals surface area contributed by atoms with Crippen LogP contribution in [0.4, 0.5) is 0 Å². The van der Waals surface area contributed by atoms with E-state index in [9.17, 15) is 0 Å². The van der Waals surface area contributed by atoms with Gasteiger partial charge in [-0.15, -0.1) is 11.6 Å². The summed E-state index contributed by atoms with van der Waals surface area (Å²) in [6, 6.07) is 1.00. The monoisotopic (exact) mass is 252 g/mol. The van der Waals surface area contributed by atoms with Crippen LogP contribution in [0.25, 0.3) is 0 Å². The lowest BCUT2D eigenvalue weighted by molar-refractivity contribution is 0.178. The molecule has 4 heteroatoms. The molecule has 0 aliphatic heterocycles. The van der Waals surface area contributed by atoms with Crippen molar-refractivity contribution in [3.63, 3.8) is 0 Å². The molecule has 92 valence electrons. The molecule has 15 heavy (non-hydrogen) atoms. The van der Waals surface area contributed by atoms with Crippen molar-refractivity contribution in [2.24, 2.45) is 0 Å². The van der Waals surface area contributed by atoms with Crippen LogP contribution in [0.1, 0.15) is 47.0 Å². The van der Waals surface area contributed by atoms with Crippen molar-refractivity contribution >= 4 is 20.2 Å². The summed E-state index contributed by atoms with van der Waals surface area (Å²) in [5.74, 6) is 0. The smallest absolute Gasteiger partial charge is 0.356 e. The van der Waals surface area contributed by atoms with Crippen molar-refractivity contribution in [1.29, 1.82) is 0 Å². The van der Waals surface area contributed by atoms with E-state index in [1.54, 1.807) is 0 Å². The average Bonchev–Trinajstić information content (AvgIpc) is 2.19. The Labute approximate surface area is 101 Å². The zero-order chi connectivity index (χ0) is 11.7. The third kappa shape index (κ3) is 4.85. The van der Waals surface area contributed by atoms with Crippen LogP contribution in [0.15, 0.2) is 0 Å². The van der Waals surface area contributed by atoms with Crippen LogP contribution in [0.3, 0.4) is 0 Å². The first-order valence-electron chi connectivity index (χ1n) is 6.08. The highest BCUT2D eigenvalue weighted by Crippen LogP contribution is 2.27. The topological polar surface area (TPSA) is 18.5 Å². The minimum atomic E-state index is -2.15. The summed E-state index contributed by atoms with van der Waals surface area (Å²) < 4.78 is 11.8. The van der Waals surface area contributed by atoms with Gasteiger partial charge in [0.25, 0.3) is 0 Å². The number of hydrogen-bond acceptors (Lipinski definition) is 2. The second-order valence-corrected chi connectivity index (χ2v) is 7.97. The molecule has 0 aromatic heterocycles. The van der Waals surface area contributed by atoms with Crippen molar-refractivity contribution in [1.82, 2.24) is 0 Å². The van der Waals surface area contributed by atoms with Crippen LogP contribution in [0, 0.1) is 0 Å². The molecule has 0 aliphatic rings. The van der Waals surface area contributed by atoms with Gasteiger partial charge in [-0.3, -0.25) is 0 Å². The van der Waals surface area contributed by atoms with Gasteiger partial charge >= 0.3 is 8.56 Å². The van der Waals surface area contributed by atoms with Crippen molar-refractivity contribution in [2.45, 2.75) is 58.0 Å². The van der Waals surface area contributed by atoms with Gasteiger partial charge in [0.15, 0.2) is 0 Å². The van der Waals surface area contributed by atoms with Crippen LogP contribution in [-0.2, 0) is 8.85 Å². The summed E-state index contributed by atoms with van der Waals surface area (Å²) in [5.41, 5.74) is 0. The molecule has 0 spiro atoms. The molecule has 0 fully saturated rings. The van der Waals surface area contributed by atoms with E-state index >= 15 is 0 Å². The van der Waals surface area contributed by atoms with Gasteiger partial charge in [0.2, 0.25) is 0 Å². The van der Waals surface area contributed by atoms with Crippen LogP contribution in [-0.4, -0.2) is 26.8 Å². The van der Waals surface area contributed by atoms with Gasteiger partial charge in [-0.05, 0) is 26.3 Å². The molecular weight excluding hydrogens is 228 g/mol. The van der Waals surface area contributed by atoms with Crippen molar-refractivity contribution in [3.05, 3.63) is 0 Å². The van der Waals surface area contributed by atoms with E-state index < -0.39 is 8.56 Å². The lowest BCUT2D eigenvalue weighted by Gasteiger charge is -2.33. The highest BCUT2D eigenvalue weighted by atomic mass is 35.5. The quantitative estimate of drug-likeness (QED) is 0.458. The van der Waals surface area contributed by atoms with Crippen LogP contribution >= 0.6 is 11.6 Å². The zero-order valence-electron chi connectivity index (χ0n) is 10.5. The first-order chi connectivity index (χ1) is 7.16. The molecule has 0 N–H and O–H groups in total. The summed E-state index contributed by atoms with van der Waals surface area (Å²) in [6.07, 6.45) is 3.17. The molecule has 2 nitrogen and oxygen atoms in total. The molecule has 0 radical (unpaired) electrons. The first-order valence-corrected chi connectivity index (χ1v) is 8.62. The fourth-order valence-corrected chi connectivity index (χ4v) is 6.21. The number of halogens is 1. The highest BCUT2D eigenvalue weighted by molar-refractivity contribution is 6.76. The van der Waals surface area contributed by atoms with Gasteiger partial charge in [0, 0.05) is 13.2 Å². The maximum absolute atomic E-state index is 6.45. The fourth-order valence-electron chi connectivity index (χ4n) is 1.83. The Bertz CT molecular complexity index is 139. The zero-order valence-corrected chi connectivity index (χ0v) is 12.3. The van der Waals surface area contributed by atoms with E-state index in [1.807, 2.05) is 13.8 Å². The summed E-state index contributed by atoms with van der Waals surface area (Å²) >= 11 is 6.45. The Morgan fingerprint density at radius 1 is 1.00 bits per heavy atom. The number of hydrogen-bond donors (Lipinski definition) is 0. The number of rotatable bonds is 9. The van der Waals surface area contributed by atoms with Crippen LogP contribution in [0.5, 0.6) is 0 Å². The predicted octanol–water partition coefficient (Wildman–Crippen LogP) is 3.86. The first kappa shape index (κ1) is 15.4. The third-order valence-corrected chi connectivity index (χ3v) is 7.61. The molecular formula is C11H25ClO2Si. The minimum absolute atomic E-state index is 0.0855. The molecule has 0 saturated heterocycles.